The van der Waals surface area contributed by atoms with Crippen molar-refractivity contribution in [2.45, 2.75) is 33.4 Å². The van der Waals surface area contributed by atoms with Gasteiger partial charge < -0.3 is 15.4 Å². The molecule has 5 nitrogen and oxygen atoms in total. The van der Waals surface area contributed by atoms with E-state index in [1.807, 2.05) is 63.2 Å². The summed E-state index contributed by atoms with van der Waals surface area (Å²) in [5.74, 6) is 0.0629. The molecule has 0 bridgehead atoms. The number of nitrogens with one attached hydrogen (secondary N) is 2. The van der Waals surface area contributed by atoms with Crippen molar-refractivity contribution in [3.8, 4) is 5.75 Å². The molecule has 138 valence electrons. The van der Waals surface area contributed by atoms with E-state index < -0.39 is 6.04 Å². The number of rotatable bonds is 8. The lowest BCUT2D eigenvalue weighted by molar-refractivity contribution is -0.131. The zero-order valence-electron chi connectivity index (χ0n) is 15.5. The van der Waals surface area contributed by atoms with Crippen LogP contribution in [0.4, 0.5) is 0 Å². The predicted molar refractivity (Wildman–Crippen MR) is 102 cm³/mol. The average molecular weight is 354 g/mol. The van der Waals surface area contributed by atoms with Crippen LogP contribution in [0.2, 0.25) is 0 Å². The van der Waals surface area contributed by atoms with Crippen molar-refractivity contribution in [3.63, 3.8) is 0 Å². The topological polar surface area (TPSA) is 67.4 Å². The second kappa shape index (κ2) is 9.61. The minimum atomic E-state index is -0.604. The van der Waals surface area contributed by atoms with Crippen molar-refractivity contribution in [2.24, 2.45) is 5.92 Å². The van der Waals surface area contributed by atoms with Gasteiger partial charge in [0.25, 0.3) is 5.91 Å². The van der Waals surface area contributed by atoms with Gasteiger partial charge in [-0.3, -0.25) is 9.59 Å². The van der Waals surface area contributed by atoms with E-state index in [-0.39, 0.29) is 24.3 Å². The molecule has 1 unspecified atom stereocenters. The van der Waals surface area contributed by atoms with Crippen molar-refractivity contribution >= 4 is 11.8 Å². The molecule has 2 aromatic carbocycles. The van der Waals surface area contributed by atoms with Gasteiger partial charge in [-0.25, -0.2) is 0 Å². The van der Waals surface area contributed by atoms with Gasteiger partial charge >= 0.3 is 0 Å². The number of benzene rings is 2. The van der Waals surface area contributed by atoms with Crippen molar-refractivity contribution in [3.05, 3.63) is 65.7 Å². The molecule has 0 aliphatic heterocycles. The molecule has 2 amide bonds. The Bertz CT molecular complexity index is 712. The van der Waals surface area contributed by atoms with Gasteiger partial charge in [0, 0.05) is 6.54 Å². The summed E-state index contributed by atoms with van der Waals surface area (Å²) >= 11 is 0. The van der Waals surface area contributed by atoms with Gasteiger partial charge in [-0.15, -0.1) is 0 Å². The Morgan fingerprint density at radius 1 is 1.00 bits per heavy atom. The molecule has 0 aromatic heterocycles. The summed E-state index contributed by atoms with van der Waals surface area (Å²) in [6, 6.07) is 16.5. The number of carbonyl (C=O) groups is 2. The highest BCUT2D eigenvalue weighted by Crippen LogP contribution is 2.08. The highest BCUT2D eigenvalue weighted by molar-refractivity contribution is 5.88. The number of carbonyl (C=O) groups excluding carboxylic acids is 2. The van der Waals surface area contributed by atoms with Crippen molar-refractivity contribution < 1.29 is 14.3 Å². The van der Waals surface area contributed by atoms with Gasteiger partial charge in [0.1, 0.15) is 11.8 Å². The third kappa shape index (κ3) is 6.24. The van der Waals surface area contributed by atoms with Gasteiger partial charge in [-0.05, 0) is 30.5 Å². The first kappa shape index (κ1) is 19.5. The largest absolute Gasteiger partial charge is 0.484 e. The SMILES string of the molecule is Cc1ccc(CNC(=O)C(NC(=O)COc2ccccc2)C(C)C)cc1. The molecule has 0 saturated carbocycles. The smallest absolute Gasteiger partial charge is 0.258 e. The second-order valence-corrected chi connectivity index (χ2v) is 6.59. The van der Waals surface area contributed by atoms with Crippen LogP contribution in [0.5, 0.6) is 5.75 Å². The average Bonchev–Trinajstić information content (AvgIpc) is 2.64. The Kier molecular flexibility index (Phi) is 7.21. The van der Waals surface area contributed by atoms with Gasteiger partial charge in [0.15, 0.2) is 6.61 Å². The fourth-order valence-corrected chi connectivity index (χ4v) is 2.42. The maximum Gasteiger partial charge on any atom is 0.258 e. The minimum absolute atomic E-state index is 0.0336. The van der Waals surface area contributed by atoms with Crippen LogP contribution in [0.3, 0.4) is 0 Å². The summed E-state index contributed by atoms with van der Waals surface area (Å²) < 4.78 is 5.42. The van der Waals surface area contributed by atoms with Crippen LogP contribution in [-0.2, 0) is 16.1 Å². The van der Waals surface area contributed by atoms with Gasteiger partial charge in [-0.2, -0.15) is 0 Å². The number of aryl methyl sites for hydroxylation is 1. The lowest BCUT2D eigenvalue weighted by Crippen LogP contribution is -2.50. The van der Waals surface area contributed by atoms with E-state index in [0.29, 0.717) is 12.3 Å². The number of para-hydroxylation sites is 1. The van der Waals surface area contributed by atoms with E-state index in [2.05, 4.69) is 10.6 Å². The Balaban J connectivity index is 1.85. The lowest BCUT2D eigenvalue weighted by Gasteiger charge is -2.22. The highest BCUT2D eigenvalue weighted by Gasteiger charge is 2.24. The molecule has 1 atom stereocenters. The van der Waals surface area contributed by atoms with Crippen LogP contribution >= 0.6 is 0 Å². The molecule has 0 saturated heterocycles. The first-order valence-electron chi connectivity index (χ1n) is 8.76. The normalized spacial score (nSPS) is 11.7. The maximum atomic E-state index is 12.5. The Labute approximate surface area is 154 Å². The zero-order chi connectivity index (χ0) is 18.9. The quantitative estimate of drug-likeness (QED) is 0.766. The fourth-order valence-electron chi connectivity index (χ4n) is 2.42. The van der Waals surface area contributed by atoms with Crippen LogP contribution < -0.4 is 15.4 Å². The van der Waals surface area contributed by atoms with Crippen LogP contribution in [-0.4, -0.2) is 24.5 Å². The first-order valence-corrected chi connectivity index (χ1v) is 8.76. The molecule has 0 radical (unpaired) electrons. The second-order valence-electron chi connectivity index (χ2n) is 6.59. The third-order valence-electron chi connectivity index (χ3n) is 3.97. The molecular weight excluding hydrogens is 328 g/mol. The summed E-state index contributed by atoms with van der Waals surface area (Å²) in [6.45, 7) is 6.12. The molecule has 2 aromatic rings. The highest BCUT2D eigenvalue weighted by atomic mass is 16.5. The first-order chi connectivity index (χ1) is 12.5. The monoisotopic (exact) mass is 354 g/mol. The van der Waals surface area contributed by atoms with Crippen molar-refractivity contribution in [1.82, 2.24) is 10.6 Å². The molecule has 0 aliphatic carbocycles. The summed E-state index contributed by atoms with van der Waals surface area (Å²) in [5.41, 5.74) is 2.19. The van der Waals surface area contributed by atoms with Crippen LogP contribution in [0.1, 0.15) is 25.0 Å². The predicted octanol–water partition coefficient (Wildman–Crippen LogP) is 2.83. The van der Waals surface area contributed by atoms with E-state index in [0.717, 1.165) is 5.56 Å². The number of hydrogen-bond acceptors (Lipinski definition) is 3. The standard InChI is InChI=1S/C21H26N2O3/c1-15(2)20(21(25)22-13-17-11-9-16(3)10-12-17)23-19(24)14-26-18-7-5-4-6-8-18/h4-12,15,20H,13-14H2,1-3H3,(H,22,25)(H,23,24). The van der Waals surface area contributed by atoms with Crippen molar-refractivity contribution in [1.29, 1.82) is 0 Å². The summed E-state index contributed by atoms with van der Waals surface area (Å²) in [4.78, 5) is 24.6. The van der Waals surface area contributed by atoms with Gasteiger partial charge in [0.05, 0.1) is 0 Å². The lowest BCUT2D eigenvalue weighted by atomic mass is 10.0. The third-order valence-corrected chi connectivity index (χ3v) is 3.97. The zero-order valence-corrected chi connectivity index (χ0v) is 15.5. The molecule has 0 heterocycles. The van der Waals surface area contributed by atoms with Crippen LogP contribution in [0, 0.1) is 12.8 Å². The van der Waals surface area contributed by atoms with Gasteiger partial charge in [-0.1, -0.05) is 61.9 Å². The number of amides is 2. The molecule has 5 heteroatoms. The maximum absolute atomic E-state index is 12.5. The van der Waals surface area contributed by atoms with E-state index in [4.69, 9.17) is 4.74 Å². The van der Waals surface area contributed by atoms with Crippen LogP contribution in [0.25, 0.3) is 0 Å². The minimum Gasteiger partial charge on any atom is -0.484 e. The molecule has 2 rings (SSSR count). The molecule has 2 N–H and O–H groups in total. The van der Waals surface area contributed by atoms with E-state index in [9.17, 15) is 9.59 Å². The molecule has 0 spiro atoms. The Morgan fingerprint density at radius 3 is 2.27 bits per heavy atom. The van der Waals surface area contributed by atoms with Crippen molar-refractivity contribution in [2.75, 3.05) is 6.61 Å². The van der Waals surface area contributed by atoms with Crippen LogP contribution in [0.15, 0.2) is 54.6 Å². The molecular formula is C21H26N2O3. The Hall–Kier alpha value is -2.82. The fraction of sp³-hybridized carbons (Fsp3) is 0.333. The molecule has 26 heavy (non-hydrogen) atoms. The summed E-state index contributed by atoms with van der Waals surface area (Å²) in [5, 5.41) is 5.64. The Morgan fingerprint density at radius 2 is 1.65 bits per heavy atom. The van der Waals surface area contributed by atoms with E-state index >= 15 is 0 Å². The van der Waals surface area contributed by atoms with E-state index in [1.165, 1.54) is 5.56 Å². The van der Waals surface area contributed by atoms with E-state index in [1.54, 1.807) is 12.1 Å². The summed E-state index contributed by atoms with van der Waals surface area (Å²) in [6.07, 6.45) is 0. The number of hydrogen-bond donors (Lipinski definition) is 2. The molecule has 0 aliphatic rings. The molecule has 0 fully saturated rings. The summed E-state index contributed by atoms with van der Waals surface area (Å²) in [7, 11) is 0. The number of ether oxygens (including phenoxy) is 1. The van der Waals surface area contributed by atoms with Gasteiger partial charge in [0.2, 0.25) is 5.91 Å².